The molecule has 1 aliphatic rings. The summed E-state index contributed by atoms with van der Waals surface area (Å²) in [4.78, 5) is 36.3. The maximum Gasteiger partial charge on any atom is 0.417 e. The van der Waals surface area contributed by atoms with Gasteiger partial charge in [-0.2, -0.15) is 18.4 Å². The molecule has 11 heteroatoms. The van der Waals surface area contributed by atoms with E-state index in [1.807, 2.05) is 27.0 Å². The highest BCUT2D eigenvalue weighted by Crippen LogP contribution is 2.40. The summed E-state index contributed by atoms with van der Waals surface area (Å²) >= 11 is 0. The molecule has 0 radical (unpaired) electrons. The molecule has 0 unspecified atom stereocenters. The van der Waals surface area contributed by atoms with E-state index in [-0.39, 0.29) is 29.1 Å². The molecule has 2 aromatic heterocycles. The molecule has 0 saturated heterocycles. The number of hydrogen-bond acceptors (Lipinski definition) is 6. The number of carbonyl (C=O) groups is 1. The van der Waals surface area contributed by atoms with Gasteiger partial charge in [0.15, 0.2) is 0 Å². The van der Waals surface area contributed by atoms with Crippen LogP contribution in [0.1, 0.15) is 65.1 Å². The molecule has 4 rings (SSSR count). The van der Waals surface area contributed by atoms with Crippen molar-refractivity contribution in [3.8, 4) is 22.9 Å². The lowest BCUT2D eigenvalue weighted by molar-refractivity contribution is -0.137. The summed E-state index contributed by atoms with van der Waals surface area (Å²) in [6.45, 7) is 7.66. The zero-order valence-electron chi connectivity index (χ0n) is 23.4. The number of nitrogens with one attached hydrogen (secondary N) is 1. The summed E-state index contributed by atoms with van der Waals surface area (Å²) in [6, 6.07) is 7.23. The Morgan fingerprint density at radius 3 is 2.56 bits per heavy atom. The van der Waals surface area contributed by atoms with Crippen LogP contribution in [0.4, 0.5) is 13.2 Å². The fourth-order valence-corrected chi connectivity index (χ4v) is 5.04. The first kappa shape index (κ1) is 29.8. The van der Waals surface area contributed by atoms with Crippen LogP contribution in [-0.4, -0.2) is 59.0 Å². The van der Waals surface area contributed by atoms with Crippen LogP contribution in [0, 0.1) is 11.3 Å². The first-order valence-corrected chi connectivity index (χ1v) is 13.5. The minimum absolute atomic E-state index is 0.163. The van der Waals surface area contributed by atoms with Gasteiger partial charge in [-0.05, 0) is 63.0 Å². The van der Waals surface area contributed by atoms with Gasteiger partial charge in [-0.1, -0.05) is 13.0 Å². The van der Waals surface area contributed by atoms with Crippen molar-refractivity contribution in [2.24, 2.45) is 0 Å². The Morgan fingerprint density at radius 1 is 1.17 bits per heavy atom. The first-order chi connectivity index (χ1) is 19.5. The monoisotopic (exact) mass is 567 g/mol. The number of pyridine rings is 2. The lowest BCUT2D eigenvalue weighted by Gasteiger charge is -2.35. The Kier molecular flexibility index (Phi) is 8.83. The molecule has 41 heavy (non-hydrogen) atoms. The Morgan fingerprint density at radius 2 is 1.90 bits per heavy atom. The number of rotatable bonds is 9. The van der Waals surface area contributed by atoms with Gasteiger partial charge in [0.05, 0.1) is 23.9 Å². The van der Waals surface area contributed by atoms with Crippen LogP contribution in [0.3, 0.4) is 0 Å². The maximum absolute atomic E-state index is 14.0. The number of ether oxygens (including phenoxy) is 1. The van der Waals surface area contributed by atoms with E-state index in [9.17, 15) is 28.0 Å². The number of fused-ring (bicyclic) bond motifs is 1. The van der Waals surface area contributed by atoms with E-state index in [4.69, 9.17) is 4.74 Å². The zero-order valence-corrected chi connectivity index (χ0v) is 23.4. The number of benzene rings is 1. The van der Waals surface area contributed by atoms with Gasteiger partial charge in [0.2, 0.25) is 5.56 Å². The molecule has 216 valence electrons. The summed E-state index contributed by atoms with van der Waals surface area (Å²) in [5, 5.41) is 9.37. The predicted molar refractivity (Wildman–Crippen MR) is 148 cm³/mol. The van der Waals surface area contributed by atoms with Gasteiger partial charge in [0.25, 0.3) is 5.91 Å². The van der Waals surface area contributed by atoms with Crippen molar-refractivity contribution in [2.75, 3.05) is 33.3 Å². The number of alkyl halides is 3. The molecule has 3 heterocycles. The second-order valence-electron chi connectivity index (χ2n) is 10.0. The van der Waals surface area contributed by atoms with Crippen molar-refractivity contribution >= 4 is 5.91 Å². The second kappa shape index (κ2) is 12.1. The summed E-state index contributed by atoms with van der Waals surface area (Å²) in [7, 11) is 1.94. The molecule has 0 bridgehead atoms. The highest BCUT2D eigenvalue weighted by atomic mass is 19.4. The SMILES string of the molecule is CCOc1cc([C@H](C)N2CCc3c(cc(CCN(C)CC)cc3-c3c[nH]c(=O)cc3C(F)(F)F)C2=O)ncc1C#N. The number of nitriles is 1. The van der Waals surface area contributed by atoms with E-state index in [1.54, 1.807) is 30.0 Å². The van der Waals surface area contributed by atoms with Crippen molar-refractivity contribution in [1.82, 2.24) is 19.8 Å². The molecular formula is C30H32F3N5O3. The third-order valence-corrected chi connectivity index (χ3v) is 7.45. The van der Waals surface area contributed by atoms with Gasteiger partial charge >= 0.3 is 6.18 Å². The predicted octanol–water partition coefficient (Wildman–Crippen LogP) is 4.98. The molecule has 0 saturated carbocycles. The van der Waals surface area contributed by atoms with Gasteiger partial charge < -0.3 is 19.5 Å². The summed E-state index contributed by atoms with van der Waals surface area (Å²) in [5.74, 6) is 0.0480. The van der Waals surface area contributed by atoms with Crippen molar-refractivity contribution in [3.63, 3.8) is 0 Å². The van der Waals surface area contributed by atoms with Gasteiger partial charge in [-0.25, -0.2) is 0 Å². The van der Waals surface area contributed by atoms with E-state index in [0.717, 1.165) is 18.3 Å². The average molecular weight is 568 g/mol. The van der Waals surface area contributed by atoms with E-state index in [0.29, 0.717) is 54.6 Å². The highest BCUT2D eigenvalue weighted by Gasteiger charge is 2.37. The molecule has 0 aliphatic carbocycles. The topological polar surface area (TPSA) is 102 Å². The Bertz CT molecular complexity index is 1540. The van der Waals surface area contributed by atoms with Crippen LogP contribution < -0.4 is 10.3 Å². The number of likely N-dealkylation sites (N-methyl/N-ethyl adjacent to an activating group) is 1. The number of amides is 1. The lowest BCUT2D eigenvalue weighted by atomic mass is 9.86. The molecular weight excluding hydrogens is 535 g/mol. The average Bonchev–Trinajstić information content (AvgIpc) is 2.95. The van der Waals surface area contributed by atoms with Crippen LogP contribution in [0.15, 0.2) is 41.5 Å². The Labute approximate surface area is 236 Å². The van der Waals surface area contributed by atoms with Crippen LogP contribution in [-0.2, 0) is 19.0 Å². The molecule has 1 atom stereocenters. The fraction of sp³-hybridized carbons (Fsp3) is 0.400. The Balaban J connectivity index is 1.81. The number of aromatic amines is 1. The summed E-state index contributed by atoms with van der Waals surface area (Å²) in [6.07, 6.45) is -1.44. The highest BCUT2D eigenvalue weighted by molar-refractivity contribution is 5.99. The first-order valence-electron chi connectivity index (χ1n) is 13.5. The van der Waals surface area contributed by atoms with Gasteiger partial charge in [0.1, 0.15) is 17.4 Å². The molecule has 1 N–H and O–H groups in total. The molecule has 8 nitrogen and oxygen atoms in total. The summed E-state index contributed by atoms with van der Waals surface area (Å²) < 4.78 is 47.7. The molecule has 1 aromatic carbocycles. The molecule has 1 amide bonds. The quantitative estimate of drug-likeness (QED) is 0.391. The number of carbonyl (C=O) groups excluding carboxylic acids is 1. The van der Waals surface area contributed by atoms with Crippen molar-refractivity contribution < 1.29 is 22.7 Å². The van der Waals surface area contributed by atoms with Crippen LogP contribution in [0.5, 0.6) is 5.75 Å². The minimum Gasteiger partial charge on any atom is -0.492 e. The number of halogens is 3. The molecule has 1 aliphatic heterocycles. The number of hydrogen-bond donors (Lipinski definition) is 1. The maximum atomic E-state index is 14.0. The van der Waals surface area contributed by atoms with E-state index in [1.165, 1.54) is 6.20 Å². The van der Waals surface area contributed by atoms with Gasteiger partial charge in [-0.3, -0.25) is 14.6 Å². The van der Waals surface area contributed by atoms with Gasteiger partial charge in [0, 0.05) is 48.7 Å². The fourth-order valence-electron chi connectivity index (χ4n) is 5.04. The standard InChI is InChI=1S/C30H32F3N5O3/c1-5-37(4)9-7-19-11-22(24-17-36-28(39)13-25(24)30(31,32)33)21-8-10-38(29(40)23(21)12-19)18(3)26-14-27(41-6-2)20(15-34)16-35-26/h11-14,16-18H,5-10H2,1-4H3,(H,36,39)/t18-/m0/s1. The van der Waals surface area contributed by atoms with Crippen molar-refractivity contribution in [2.45, 2.75) is 45.8 Å². The number of H-pyrrole nitrogens is 1. The lowest BCUT2D eigenvalue weighted by Crippen LogP contribution is -2.40. The van der Waals surface area contributed by atoms with E-state index < -0.39 is 23.3 Å². The summed E-state index contributed by atoms with van der Waals surface area (Å²) in [5.41, 5.74) is 0.596. The van der Waals surface area contributed by atoms with Crippen LogP contribution >= 0.6 is 0 Å². The van der Waals surface area contributed by atoms with E-state index >= 15 is 0 Å². The Hall–Kier alpha value is -4.17. The normalized spacial score (nSPS) is 14.1. The zero-order chi connectivity index (χ0) is 29.9. The van der Waals surface area contributed by atoms with E-state index in [2.05, 4.69) is 14.9 Å². The number of aromatic nitrogens is 2. The second-order valence-corrected chi connectivity index (χ2v) is 10.0. The minimum atomic E-state index is -4.76. The smallest absolute Gasteiger partial charge is 0.417 e. The van der Waals surface area contributed by atoms with Crippen LogP contribution in [0.2, 0.25) is 0 Å². The van der Waals surface area contributed by atoms with Crippen molar-refractivity contribution in [1.29, 1.82) is 5.26 Å². The third-order valence-electron chi connectivity index (χ3n) is 7.45. The molecule has 0 fully saturated rings. The van der Waals surface area contributed by atoms with Crippen LogP contribution in [0.25, 0.3) is 11.1 Å². The van der Waals surface area contributed by atoms with Gasteiger partial charge in [-0.15, -0.1) is 0 Å². The molecule has 0 spiro atoms. The largest absolute Gasteiger partial charge is 0.492 e. The molecule has 3 aromatic rings. The third kappa shape index (κ3) is 6.28. The van der Waals surface area contributed by atoms with Crippen molar-refractivity contribution in [3.05, 3.63) is 80.5 Å². The number of nitrogens with zero attached hydrogens (tertiary/aromatic N) is 4.